The van der Waals surface area contributed by atoms with Crippen molar-refractivity contribution in [2.24, 2.45) is 0 Å². The summed E-state index contributed by atoms with van der Waals surface area (Å²) in [5.41, 5.74) is 0. The molecular formula is C4H9HfI3. The second-order valence-electron chi connectivity index (χ2n) is 1.72. The summed E-state index contributed by atoms with van der Waals surface area (Å²) in [4.78, 5) is 0. The molecule has 4 heteroatoms. The Morgan fingerprint density at radius 3 is 1.88 bits per heavy atom. The van der Waals surface area contributed by atoms with E-state index in [4.69, 9.17) is 0 Å². The second-order valence-corrected chi connectivity index (χ2v) is 104. The van der Waals surface area contributed by atoms with Crippen LogP contribution >= 0.6 is 54.4 Å². The van der Waals surface area contributed by atoms with E-state index in [2.05, 4.69) is 61.3 Å². The molecule has 0 N–H and O–H groups in total. The van der Waals surface area contributed by atoms with Crippen LogP contribution in [0, 0.1) is 0 Å². The predicted molar refractivity (Wildman–Crippen MR) is 61.8 cm³/mol. The molecule has 0 bridgehead atoms. The zero-order chi connectivity index (χ0) is 6.62. The third-order valence-corrected chi connectivity index (χ3v) is 17.4. The predicted octanol–water partition coefficient (Wildman–Crippen LogP) is 4.41. The number of hydrogen-bond donors (Lipinski definition) is 0. The van der Waals surface area contributed by atoms with Gasteiger partial charge in [0.1, 0.15) is 0 Å². The van der Waals surface area contributed by atoms with E-state index < -0.39 is 7.50 Å². The van der Waals surface area contributed by atoms with Gasteiger partial charge in [-0.1, -0.05) is 0 Å². The van der Waals surface area contributed by atoms with Gasteiger partial charge in [0.05, 0.1) is 0 Å². The van der Waals surface area contributed by atoms with Gasteiger partial charge in [0.2, 0.25) is 0 Å². The molecule has 0 aromatic carbocycles. The average molecular weight is 616 g/mol. The number of unbranched alkanes of at least 4 members (excludes halogenated alkanes) is 1. The molecule has 0 rings (SSSR count). The molecule has 0 fully saturated rings. The van der Waals surface area contributed by atoms with Crippen LogP contribution < -0.4 is 0 Å². The normalized spacial score (nSPS) is 12.0. The maximum atomic E-state index is 2.70. The fourth-order valence-corrected chi connectivity index (χ4v) is 12.5. The van der Waals surface area contributed by atoms with Crippen LogP contribution in [0.4, 0.5) is 0 Å². The monoisotopic (exact) mass is 618 g/mol. The van der Waals surface area contributed by atoms with Crippen LogP contribution in [0.15, 0.2) is 0 Å². The van der Waals surface area contributed by atoms with Crippen LogP contribution in [-0.2, 0) is 7.50 Å². The fraction of sp³-hybridized carbons (Fsp3) is 1.00. The number of halogens is 3. The van der Waals surface area contributed by atoms with Gasteiger partial charge in [0.15, 0.2) is 0 Å². The van der Waals surface area contributed by atoms with Gasteiger partial charge in [-0.2, -0.15) is 0 Å². The van der Waals surface area contributed by atoms with Crippen LogP contribution in [0.3, 0.4) is 0 Å². The Morgan fingerprint density at radius 1 is 1.25 bits per heavy atom. The zero-order valence-corrected chi connectivity index (χ0v) is 14.8. The van der Waals surface area contributed by atoms with Gasteiger partial charge in [0.25, 0.3) is 0 Å². The van der Waals surface area contributed by atoms with Crippen LogP contribution in [0.1, 0.15) is 19.8 Å². The van der Waals surface area contributed by atoms with Crippen LogP contribution in [0.5, 0.6) is 0 Å². The maximum absolute atomic E-state index is 2.70. The summed E-state index contributed by atoms with van der Waals surface area (Å²) < 4.78 is 1.55. The molecule has 0 spiro atoms. The molecule has 50 valence electrons. The summed E-state index contributed by atoms with van der Waals surface area (Å²) in [5, 5.41) is 0. The molecule has 0 saturated carbocycles. The minimum absolute atomic E-state index is 1.37. The Hall–Kier alpha value is 3.06. The summed E-state index contributed by atoms with van der Waals surface area (Å²) in [7, 11) is -1.51. The zero-order valence-electron chi connectivity index (χ0n) is 4.76. The molecule has 0 amide bonds. The Balaban J connectivity index is 3.11. The molecule has 0 saturated heterocycles. The summed E-state index contributed by atoms with van der Waals surface area (Å²) in [6.45, 7) is 2.27. The van der Waals surface area contributed by atoms with Crippen molar-refractivity contribution in [3.63, 3.8) is 0 Å². The standard InChI is InChI=1S/C4H9.Hf.3HI/c1-3-4-2;;;;/h1,3-4H2,2H3;;3*1H/q;+3;;;/p-3. The second kappa shape index (κ2) is 5.68. The molecule has 0 aliphatic rings. The SMILES string of the molecule is CCC[CH2][Hf]([I])([I])[I]. The quantitative estimate of drug-likeness (QED) is 0.326. The van der Waals surface area contributed by atoms with Crippen molar-refractivity contribution in [2.45, 2.75) is 23.9 Å². The van der Waals surface area contributed by atoms with Crippen molar-refractivity contribution < 1.29 is 7.50 Å². The van der Waals surface area contributed by atoms with Gasteiger partial charge < -0.3 is 0 Å². The van der Waals surface area contributed by atoms with Gasteiger partial charge in [-0.3, -0.25) is 0 Å². The van der Waals surface area contributed by atoms with E-state index in [1.54, 1.807) is 4.18 Å². The first-order chi connectivity index (χ1) is 3.56. The Bertz CT molecular complexity index is 58.8. The molecule has 0 aliphatic heterocycles. The molecule has 0 unspecified atom stereocenters. The molecule has 8 heavy (non-hydrogen) atoms. The first kappa shape index (κ1) is 11.1. The van der Waals surface area contributed by atoms with E-state index in [0.29, 0.717) is 0 Å². The minimum atomic E-state index is -1.51. The Morgan fingerprint density at radius 2 is 1.75 bits per heavy atom. The van der Waals surface area contributed by atoms with Crippen molar-refractivity contribution in [2.75, 3.05) is 0 Å². The molecule has 0 aromatic rings. The van der Waals surface area contributed by atoms with Crippen LogP contribution in [0.2, 0.25) is 4.18 Å². The number of hydrogen-bond acceptors (Lipinski definition) is 0. The van der Waals surface area contributed by atoms with Gasteiger partial charge >= 0.3 is 85.9 Å². The van der Waals surface area contributed by atoms with Crippen molar-refractivity contribution in [3.05, 3.63) is 0 Å². The molecule has 0 aromatic heterocycles. The molecule has 0 heterocycles. The molecule has 0 aliphatic carbocycles. The van der Waals surface area contributed by atoms with Crippen molar-refractivity contribution >= 4 is 54.4 Å². The van der Waals surface area contributed by atoms with Gasteiger partial charge in [-0.05, 0) is 0 Å². The number of rotatable bonds is 3. The van der Waals surface area contributed by atoms with Crippen LogP contribution in [-0.4, -0.2) is 0 Å². The van der Waals surface area contributed by atoms with Crippen molar-refractivity contribution in [3.8, 4) is 0 Å². The molecular weight excluding hydrogens is 607 g/mol. The third-order valence-electron chi connectivity index (χ3n) is 0.814. The van der Waals surface area contributed by atoms with E-state index in [1.807, 2.05) is 0 Å². The van der Waals surface area contributed by atoms with Gasteiger partial charge in [0, 0.05) is 0 Å². The first-order valence-electron chi connectivity index (χ1n) is 2.63. The van der Waals surface area contributed by atoms with E-state index >= 15 is 0 Å². The summed E-state index contributed by atoms with van der Waals surface area (Å²) in [6, 6.07) is 0. The van der Waals surface area contributed by atoms with E-state index in [0.717, 1.165) is 0 Å². The molecule has 0 nitrogen and oxygen atoms in total. The van der Waals surface area contributed by atoms with Crippen molar-refractivity contribution in [1.82, 2.24) is 0 Å². The van der Waals surface area contributed by atoms with Gasteiger partial charge in [-0.25, -0.2) is 0 Å². The molecule has 0 radical (unpaired) electrons. The Labute approximate surface area is 83.6 Å². The third kappa shape index (κ3) is 9.06. The van der Waals surface area contributed by atoms with E-state index in [-0.39, 0.29) is 0 Å². The summed E-state index contributed by atoms with van der Waals surface area (Å²) in [6.07, 6.45) is 2.83. The van der Waals surface area contributed by atoms with E-state index in [1.165, 1.54) is 12.8 Å². The Kier molecular flexibility index (Phi) is 7.85. The topological polar surface area (TPSA) is 0 Å². The van der Waals surface area contributed by atoms with Crippen molar-refractivity contribution in [1.29, 1.82) is 0 Å². The molecule has 0 atom stereocenters. The van der Waals surface area contributed by atoms with Gasteiger partial charge in [-0.15, -0.1) is 0 Å². The summed E-state index contributed by atoms with van der Waals surface area (Å²) >= 11 is 8.09. The summed E-state index contributed by atoms with van der Waals surface area (Å²) in [5.74, 6) is 0. The fourth-order valence-electron chi connectivity index (χ4n) is 0.377. The average Bonchev–Trinajstić information content (AvgIpc) is 1.59. The first-order valence-corrected chi connectivity index (χ1v) is 35.7. The van der Waals surface area contributed by atoms with E-state index in [9.17, 15) is 0 Å². The van der Waals surface area contributed by atoms with Crippen LogP contribution in [0.25, 0.3) is 0 Å².